The molecule has 22 heavy (non-hydrogen) atoms. The van der Waals surface area contributed by atoms with Gasteiger partial charge in [0, 0.05) is 6.54 Å². The highest BCUT2D eigenvalue weighted by Crippen LogP contribution is 2.22. The Hall–Kier alpha value is -1.72. The topological polar surface area (TPSA) is 27.3 Å². The van der Waals surface area contributed by atoms with Crippen molar-refractivity contribution in [2.24, 2.45) is 0 Å². The molecule has 3 nitrogen and oxygen atoms in total. The summed E-state index contributed by atoms with van der Waals surface area (Å²) in [6.45, 7) is 0.879. The van der Waals surface area contributed by atoms with Crippen molar-refractivity contribution in [1.29, 1.82) is 0 Å². The van der Waals surface area contributed by atoms with Gasteiger partial charge in [-0.25, -0.2) is 0 Å². The van der Waals surface area contributed by atoms with Gasteiger partial charge in [0.15, 0.2) is 5.11 Å². The number of benzene rings is 2. The van der Waals surface area contributed by atoms with Crippen LogP contribution in [0.2, 0.25) is 0 Å². The van der Waals surface area contributed by atoms with Gasteiger partial charge < -0.3 is 5.32 Å². The van der Waals surface area contributed by atoms with E-state index in [1.807, 2.05) is 53.2 Å². The number of para-hydroxylation sites is 2. The second-order valence-corrected chi connectivity index (χ2v) is 6.11. The summed E-state index contributed by atoms with van der Waals surface area (Å²) in [5.41, 5.74) is 5.36. The molecular weight excluding hydrogens is 310 g/mol. The van der Waals surface area contributed by atoms with Gasteiger partial charge in [-0.2, -0.15) is 11.8 Å². The normalized spacial score (nSPS) is 10.0. The zero-order chi connectivity index (χ0) is 15.6. The standard InChI is InChI=1S/C17H21N3S2/c1-22-14-8-13-18-17(21)19-20(15-9-4-2-5-10-15)16-11-6-3-7-12-16/h2-7,9-12H,8,13-14H2,1H3,(H2,18,19,21). The fourth-order valence-corrected chi connectivity index (χ4v) is 2.62. The van der Waals surface area contributed by atoms with E-state index in [2.05, 4.69) is 41.3 Å². The van der Waals surface area contributed by atoms with Gasteiger partial charge in [0.1, 0.15) is 0 Å². The predicted octanol–water partition coefficient (Wildman–Crippen LogP) is 3.96. The van der Waals surface area contributed by atoms with Crippen molar-refractivity contribution in [2.45, 2.75) is 6.42 Å². The van der Waals surface area contributed by atoms with Gasteiger partial charge in [0.2, 0.25) is 0 Å². The maximum atomic E-state index is 5.41. The summed E-state index contributed by atoms with van der Waals surface area (Å²) >= 11 is 7.26. The summed E-state index contributed by atoms with van der Waals surface area (Å²) in [5, 5.41) is 5.88. The summed E-state index contributed by atoms with van der Waals surface area (Å²) in [6.07, 6.45) is 3.21. The van der Waals surface area contributed by atoms with E-state index in [4.69, 9.17) is 12.2 Å². The van der Waals surface area contributed by atoms with Crippen LogP contribution in [0.4, 0.5) is 11.4 Å². The second-order valence-electron chi connectivity index (χ2n) is 4.72. The number of nitrogens with one attached hydrogen (secondary N) is 2. The number of anilines is 2. The number of hydrogen-bond donors (Lipinski definition) is 2. The van der Waals surface area contributed by atoms with Crippen LogP contribution in [-0.4, -0.2) is 23.7 Å². The van der Waals surface area contributed by atoms with Crippen molar-refractivity contribution >= 4 is 40.5 Å². The highest BCUT2D eigenvalue weighted by molar-refractivity contribution is 7.98. The third-order valence-electron chi connectivity index (χ3n) is 3.05. The van der Waals surface area contributed by atoms with Crippen molar-refractivity contribution in [3.63, 3.8) is 0 Å². The molecule has 0 saturated heterocycles. The molecule has 2 N–H and O–H groups in total. The lowest BCUT2D eigenvalue weighted by atomic mass is 10.2. The fraction of sp³-hybridized carbons (Fsp3) is 0.235. The molecule has 116 valence electrons. The summed E-state index contributed by atoms with van der Waals surface area (Å²) in [5.74, 6) is 1.14. The molecule has 5 heteroatoms. The number of hydrogen-bond acceptors (Lipinski definition) is 3. The van der Waals surface area contributed by atoms with Gasteiger partial charge in [-0.3, -0.25) is 10.4 Å². The quantitative estimate of drug-likeness (QED) is 0.455. The highest BCUT2D eigenvalue weighted by Gasteiger charge is 2.09. The predicted molar refractivity (Wildman–Crippen MR) is 102 cm³/mol. The van der Waals surface area contributed by atoms with Crippen LogP contribution in [-0.2, 0) is 0 Å². The molecule has 2 aromatic carbocycles. The van der Waals surface area contributed by atoms with Gasteiger partial charge in [0.05, 0.1) is 11.4 Å². The minimum atomic E-state index is 0.633. The summed E-state index contributed by atoms with van der Waals surface area (Å²) in [4.78, 5) is 0. The Labute approximate surface area is 142 Å². The minimum Gasteiger partial charge on any atom is -0.361 e. The molecule has 0 aromatic heterocycles. The van der Waals surface area contributed by atoms with Gasteiger partial charge in [-0.05, 0) is 54.9 Å². The van der Waals surface area contributed by atoms with Crippen LogP contribution in [0, 0.1) is 0 Å². The van der Waals surface area contributed by atoms with Crippen LogP contribution >= 0.6 is 24.0 Å². The van der Waals surface area contributed by atoms with E-state index in [-0.39, 0.29) is 0 Å². The lowest BCUT2D eigenvalue weighted by molar-refractivity contribution is 0.810. The molecule has 0 fully saturated rings. The summed E-state index contributed by atoms with van der Waals surface area (Å²) < 4.78 is 0. The molecule has 0 spiro atoms. The Kier molecular flexibility index (Phi) is 7.06. The van der Waals surface area contributed by atoms with E-state index in [0.717, 1.165) is 30.1 Å². The van der Waals surface area contributed by atoms with Crippen LogP contribution in [0.25, 0.3) is 0 Å². The molecule has 0 saturated carbocycles. The second kappa shape index (κ2) is 9.33. The van der Waals surface area contributed by atoms with Crippen LogP contribution < -0.4 is 15.8 Å². The molecule has 2 aromatic rings. The van der Waals surface area contributed by atoms with Crippen LogP contribution in [0.1, 0.15) is 6.42 Å². The van der Waals surface area contributed by atoms with E-state index < -0.39 is 0 Å². The lowest BCUT2D eigenvalue weighted by Crippen LogP contribution is -2.45. The molecule has 0 aliphatic rings. The maximum absolute atomic E-state index is 5.41. The zero-order valence-corrected chi connectivity index (χ0v) is 14.3. The Morgan fingerprint density at radius 2 is 1.55 bits per heavy atom. The number of thioether (sulfide) groups is 1. The lowest BCUT2D eigenvalue weighted by Gasteiger charge is -2.27. The van der Waals surface area contributed by atoms with E-state index in [1.54, 1.807) is 0 Å². The average molecular weight is 332 g/mol. The van der Waals surface area contributed by atoms with Crippen molar-refractivity contribution in [3.05, 3.63) is 60.7 Å². The summed E-state index contributed by atoms with van der Waals surface area (Å²) in [7, 11) is 0. The van der Waals surface area contributed by atoms with Gasteiger partial charge in [-0.1, -0.05) is 36.4 Å². The Morgan fingerprint density at radius 3 is 2.05 bits per heavy atom. The van der Waals surface area contributed by atoms with Crippen LogP contribution in [0.5, 0.6) is 0 Å². The molecule has 0 unspecified atom stereocenters. The molecule has 0 heterocycles. The third-order valence-corrected chi connectivity index (χ3v) is 3.99. The number of thiocarbonyl (C=S) groups is 1. The van der Waals surface area contributed by atoms with Crippen molar-refractivity contribution in [3.8, 4) is 0 Å². The molecule has 0 radical (unpaired) electrons. The third kappa shape index (κ3) is 5.24. The van der Waals surface area contributed by atoms with Gasteiger partial charge in [-0.15, -0.1) is 0 Å². The van der Waals surface area contributed by atoms with E-state index in [9.17, 15) is 0 Å². The Bertz CT molecular complexity index is 521. The molecular formula is C17H21N3S2. The number of hydrazine groups is 1. The Morgan fingerprint density at radius 1 is 1.00 bits per heavy atom. The van der Waals surface area contributed by atoms with Crippen molar-refractivity contribution < 1.29 is 0 Å². The first-order chi connectivity index (χ1) is 10.8. The summed E-state index contributed by atoms with van der Waals surface area (Å²) in [6, 6.07) is 20.3. The zero-order valence-electron chi connectivity index (χ0n) is 12.7. The molecule has 0 amide bonds. The van der Waals surface area contributed by atoms with Gasteiger partial charge in [0.25, 0.3) is 0 Å². The molecule has 0 atom stereocenters. The highest BCUT2D eigenvalue weighted by atomic mass is 32.2. The first-order valence-corrected chi connectivity index (χ1v) is 9.05. The smallest absolute Gasteiger partial charge is 0.185 e. The largest absolute Gasteiger partial charge is 0.361 e. The first-order valence-electron chi connectivity index (χ1n) is 7.25. The van der Waals surface area contributed by atoms with E-state index in [0.29, 0.717) is 5.11 Å². The molecule has 0 aliphatic carbocycles. The van der Waals surface area contributed by atoms with Crippen molar-refractivity contribution in [2.75, 3.05) is 23.6 Å². The van der Waals surface area contributed by atoms with E-state index in [1.165, 1.54) is 0 Å². The van der Waals surface area contributed by atoms with Crippen LogP contribution in [0.15, 0.2) is 60.7 Å². The monoisotopic (exact) mass is 331 g/mol. The number of rotatable bonds is 7. The number of nitrogens with zero attached hydrogens (tertiary/aromatic N) is 1. The molecule has 0 bridgehead atoms. The SMILES string of the molecule is CSCCCNC(=S)NN(c1ccccc1)c1ccccc1. The maximum Gasteiger partial charge on any atom is 0.185 e. The van der Waals surface area contributed by atoms with Crippen LogP contribution in [0.3, 0.4) is 0 Å². The Balaban J connectivity index is 2.04. The minimum absolute atomic E-state index is 0.633. The average Bonchev–Trinajstić information content (AvgIpc) is 2.58. The molecule has 2 rings (SSSR count). The van der Waals surface area contributed by atoms with Crippen molar-refractivity contribution in [1.82, 2.24) is 10.7 Å². The van der Waals surface area contributed by atoms with Gasteiger partial charge >= 0.3 is 0 Å². The fourth-order valence-electron chi connectivity index (χ4n) is 1.99. The van der Waals surface area contributed by atoms with E-state index >= 15 is 0 Å². The molecule has 0 aliphatic heterocycles. The first kappa shape index (κ1) is 16.6.